The number of hydrogen-bond acceptors (Lipinski definition) is 8. The van der Waals surface area contributed by atoms with Crippen molar-refractivity contribution in [2.24, 2.45) is 0 Å². The summed E-state index contributed by atoms with van der Waals surface area (Å²) in [6.07, 6.45) is -0.0605. The monoisotopic (exact) mass is 396 g/mol. The topological polar surface area (TPSA) is 111 Å². The summed E-state index contributed by atoms with van der Waals surface area (Å²) in [6.45, 7) is -0.389. The molecule has 0 unspecified atom stereocenters. The molecule has 2 amide bonds. The van der Waals surface area contributed by atoms with Gasteiger partial charge in [-0.05, 0) is 22.9 Å². The van der Waals surface area contributed by atoms with Crippen molar-refractivity contribution in [3.63, 3.8) is 0 Å². The fourth-order valence-corrected chi connectivity index (χ4v) is 3.24. The quantitative estimate of drug-likeness (QED) is 0.660. The largest absolute Gasteiger partial charge is 0.465 e. The van der Waals surface area contributed by atoms with Crippen LogP contribution < -0.4 is 10.6 Å². The lowest BCUT2D eigenvalue weighted by molar-refractivity contribution is -0.147. The molecule has 138 valence electrons. The van der Waals surface area contributed by atoms with Gasteiger partial charge in [0.05, 0.1) is 19.2 Å². The van der Waals surface area contributed by atoms with Gasteiger partial charge in [-0.15, -0.1) is 11.3 Å². The number of thiophene rings is 2. The van der Waals surface area contributed by atoms with E-state index in [4.69, 9.17) is 4.74 Å². The summed E-state index contributed by atoms with van der Waals surface area (Å²) in [5, 5.41) is 10.2. The van der Waals surface area contributed by atoms with Gasteiger partial charge in [-0.25, -0.2) is 4.79 Å². The third kappa shape index (κ3) is 5.67. The zero-order chi connectivity index (χ0) is 18.9. The highest BCUT2D eigenvalue weighted by Crippen LogP contribution is 2.22. The van der Waals surface area contributed by atoms with Crippen molar-refractivity contribution in [3.05, 3.63) is 38.7 Å². The highest BCUT2D eigenvalue weighted by Gasteiger charge is 2.16. The predicted octanol–water partition coefficient (Wildman–Crippen LogP) is 1.90. The average molecular weight is 396 g/mol. The Hall–Kier alpha value is -2.72. The Morgan fingerprint density at radius 3 is 2.65 bits per heavy atom. The Morgan fingerprint density at radius 2 is 1.96 bits per heavy atom. The van der Waals surface area contributed by atoms with Crippen molar-refractivity contribution >= 4 is 52.1 Å². The van der Waals surface area contributed by atoms with Gasteiger partial charge in [0.1, 0.15) is 4.88 Å². The zero-order valence-electron chi connectivity index (χ0n) is 13.8. The summed E-state index contributed by atoms with van der Waals surface area (Å²) < 4.78 is 9.45. The van der Waals surface area contributed by atoms with Gasteiger partial charge in [0.15, 0.2) is 6.61 Å². The Kier molecular flexibility index (Phi) is 7.30. The Balaban J connectivity index is 1.69. The van der Waals surface area contributed by atoms with Gasteiger partial charge in [-0.1, -0.05) is 0 Å². The summed E-state index contributed by atoms with van der Waals surface area (Å²) in [7, 11) is 1.24. The number of esters is 2. The first-order chi connectivity index (χ1) is 12.5. The molecule has 0 saturated carbocycles. The van der Waals surface area contributed by atoms with Crippen LogP contribution in [0.3, 0.4) is 0 Å². The van der Waals surface area contributed by atoms with Gasteiger partial charge in [0.25, 0.3) is 11.8 Å². The van der Waals surface area contributed by atoms with Crippen molar-refractivity contribution < 1.29 is 28.7 Å². The summed E-state index contributed by atoms with van der Waals surface area (Å²) in [5.74, 6) is -2.04. The van der Waals surface area contributed by atoms with Crippen LogP contribution >= 0.6 is 22.7 Å². The minimum Gasteiger partial charge on any atom is -0.465 e. The normalized spacial score (nSPS) is 10.0. The SMILES string of the molecule is COC(=O)c1sccc1NC(=O)COC(=O)CCNC(=O)c1ccsc1. The number of carbonyl (C=O) groups is 4. The third-order valence-electron chi connectivity index (χ3n) is 3.07. The molecule has 2 heterocycles. The molecule has 2 aromatic rings. The number of nitrogens with one attached hydrogen (secondary N) is 2. The van der Waals surface area contributed by atoms with E-state index in [0.717, 1.165) is 11.3 Å². The number of hydrogen-bond donors (Lipinski definition) is 2. The predicted molar refractivity (Wildman–Crippen MR) is 96.5 cm³/mol. The van der Waals surface area contributed by atoms with Gasteiger partial charge >= 0.3 is 11.9 Å². The molecule has 0 radical (unpaired) electrons. The van der Waals surface area contributed by atoms with E-state index in [-0.39, 0.29) is 23.7 Å². The van der Waals surface area contributed by atoms with E-state index in [2.05, 4.69) is 15.4 Å². The van der Waals surface area contributed by atoms with Crippen LogP contribution in [0.5, 0.6) is 0 Å². The second-order valence-electron chi connectivity index (χ2n) is 4.88. The molecular weight excluding hydrogens is 380 g/mol. The van der Waals surface area contributed by atoms with Crippen LogP contribution in [0.15, 0.2) is 28.3 Å². The second-order valence-corrected chi connectivity index (χ2v) is 6.58. The lowest BCUT2D eigenvalue weighted by Gasteiger charge is -2.07. The molecule has 8 nitrogen and oxygen atoms in total. The smallest absolute Gasteiger partial charge is 0.350 e. The van der Waals surface area contributed by atoms with Crippen molar-refractivity contribution in [3.8, 4) is 0 Å². The van der Waals surface area contributed by atoms with E-state index in [0.29, 0.717) is 11.3 Å². The van der Waals surface area contributed by atoms with E-state index in [1.807, 2.05) is 0 Å². The van der Waals surface area contributed by atoms with Gasteiger partial charge in [0.2, 0.25) is 0 Å². The molecule has 2 rings (SSSR count). The van der Waals surface area contributed by atoms with E-state index < -0.39 is 24.5 Å². The molecule has 0 spiro atoms. The fourth-order valence-electron chi connectivity index (χ4n) is 1.84. The number of methoxy groups -OCH3 is 1. The molecule has 26 heavy (non-hydrogen) atoms. The standard InChI is InChI=1S/C16H16N2O6S2/c1-23-16(22)14-11(4-7-26-14)18-12(19)8-24-13(20)2-5-17-15(21)10-3-6-25-9-10/h3-4,6-7,9H,2,5,8H2,1H3,(H,17,21)(H,18,19). The van der Waals surface area contributed by atoms with Crippen LogP contribution in [0.1, 0.15) is 26.5 Å². The molecule has 0 fully saturated rings. The van der Waals surface area contributed by atoms with Crippen molar-refractivity contribution in [1.29, 1.82) is 0 Å². The van der Waals surface area contributed by atoms with E-state index in [1.54, 1.807) is 28.3 Å². The molecule has 2 aromatic heterocycles. The van der Waals surface area contributed by atoms with Crippen LogP contribution in [0.4, 0.5) is 5.69 Å². The minimum atomic E-state index is -0.621. The number of rotatable bonds is 8. The van der Waals surface area contributed by atoms with Crippen molar-refractivity contribution in [2.75, 3.05) is 25.6 Å². The Bertz CT molecular complexity index is 785. The van der Waals surface area contributed by atoms with Crippen LogP contribution in [0, 0.1) is 0 Å². The molecule has 0 bridgehead atoms. The molecule has 2 N–H and O–H groups in total. The summed E-state index contributed by atoms with van der Waals surface area (Å²) in [4.78, 5) is 46.9. The van der Waals surface area contributed by atoms with Gasteiger partial charge < -0.3 is 20.1 Å². The molecule has 0 saturated heterocycles. The Morgan fingerprint density at radius 1 is 1.15 bits per heavy atom. The first kappa shape index (κ1) is 19.6. The highest BCUT2D eigenvalue weighted by molar-refractivity contribution is 7.12. The first-order valence-corrected chi connectivity index (χ1v) is 9.25. The molecule has 0 aromatic carbocycles. The van der Waals surface area contributed by atoms with Crippen molar-refractivity contribution in [2.45, 2.75) is 6.42 Å². The first-order valence-electron chi connectivity index (χ1n) is 7.43. The molecular formula is C16H16N2O6S2. The van der Waals surface area contributed by atoms with Gasteiger partial charge in [-0.2, -0.15) is 11.3 Å². The van der Waals surface area contributed by atoms with Crippen LogP contribution in [0.25, 0.3) is 0 Å². The second kappa shape index (κ2) is 9.68. The number of carbonyl (C=O) groups excluding carboxylic acids is 4. The lowest BCUT2D eigenvalue weighted by atomic mass is 10.3. The number of ether oxygens (including phenoxy) is 2. The highest BCUT2D eigenvalue weighted by atomic mass is 32.1. The van der Waals surface area contributed by atoms with E-state index in [9.17, 15) is 19.2 Å². The summed E-state index contributed by atoms with van der Waals surface area (Å²) >= 11 is 2.52. The van der Waals surface area contributed by atoms with Crippen molar-refractivity contribution in [1.82, 2.24) is 5.32 Å². The lowest BCUT2D eigenvalue weighted by Crippen LogP contribution is -2.27. The number of anilines is 1. The molecule has 0 aliphatic heterocycles. The molecule has 0 aliphatic rings. The van der Waals surface area contributed by atoms with Crippen LogP contribution in [0.2, 0.25) is 0 Å². The summed E-state index contributed by atoms with van der Waals surface area (Å²) in [5.41, 5.74) is 0.825. The maximum absolute atomic E-state index is 11.8. The number of amides is 2. The Labute approximate surface area is 157 Å². The average Bonchev–Trinajstić information content (AvgIpc) is 3.31. The maximum Gasteiger partial charge on any atom is 0.350 e. The van der Waals surface area contributed by atoms with Crippen LogP contribution in [-0.2, 0) is 19.1 Å². The molecule has 0 atom stereocenters. The zero-order valence-corrected chi connectivity index (χ0v) is 15.4. The van der Waals surface area contributed by atoms with E-state index in [1.165, 1.54) is 18.4 Å². The third-order valence-corrected chi connectivity index (χ3v) is 4.65. The van der Waals surface area contributed by atoms with E-state index >= 15 is 0 Å². The van der Waals surface area contributed by atoms with Gasteiger partial charge in [0, 0.05) is 17.5 Å². The van der Waals surface area contributed by atoms with Gasteiger partial charge in [-0.3, -0.25) is 14.4 Å². The molecule has 0 aliphatic carbocycles. The fraction of sp³-hybridized carbons (Fsp3) is 0.250. The minimum absolute atomic E-state index is 0.0605. The van der Waals surface area contributed by atoms with Crippen LogP contribution in [-0.4, -0.2) is 44.0 Å². The maximum atomic E-state index is 11.8. The molecule has 10 heteroatoms. The summed E-state index contributed by atoms with van der Waals surface area (Å²) in [6, 6.07) is 3.23.